The first-order valence-electron chi connectivity index (χ1n) is 4.45. The summed E-state index contributed by atoms with van der Waals surface area (Å²) < 4.78 is 0. The van der Waals surface area contributed by atoms with Gasteiger partial charge < -0.3 is 10.4 Å². The Morgan fingerprint density at radius 1 is 1.57 bits per heavy atom. The van der Waals surface area contributed by atoms with Crippen molar-refractivity contribution >= 4 is 23.3 Å². The number of halogens is 1. The Balaban J connectivity index is 2.33. The predicted octanol–water partition coefficient (Wildman–Crippen LogP) is 2.15. The summed E-state index contributed by atoms with van der Waals surface area (Å²) in [5.41, 5.74) is 1.86. The second-order valence-electron chi connectivity index (χ2n) is 3.35. The zero-order valence-corrected chi connectivity index (χ0v) is 8.21. The van der Waals surface area contributed by atoms with Crippen molar-refractivity contribution in [3.05, 3.63) is 28.8 Å². The van der Waals surface area contributed by atoms with E-state index >= 15 is 0 Å². The Bertz CT molecular complexity index is 378. The maximum atomic E-state index is 10.8. The average molecular weight is 212 g/mol. The number of carboxylic acid groups (broad SMARTS) is 1. The second-order valence-corrected chi connectivity index (χ2v) is 3.75. The number of benzene rings is 1. The molecule has 1 aromatic rings. The zero-order chi connectivity index (χ0) is 10.1. The van der Waals surface area contributed by atoms with Crippen molar-refractivity contribution in [1.82, 2.24) is 0 Å². The van der Waals surface area contributed by atoms with Crippen LogP contribution < -0.4 is 5.32 Å². The van der Waals surface area contributed by atoms with Gasteiger partial charge in [-0.3, -0.25) is 0 Å². The molecule has 1 heterocycles. The number of carbonyl (C=O) groups is 1. The Kier molecular flexibility index (Phi) is 2.33. The van der Waals surface area contributed by atoms with Gasteiger partial charge in [0.15, 0.2) is 0 Å². The molecule has 0 saturated heterocycles. The molecule has 0 bridgehead atoms. The molecular formula is C10H10ClNO2. The van der Waals surface area contributed by atoms with Gasteiger partial charge in [-0.2, -0.15) is 0 Å². The largest absolute Gasteiger partial charge is 0.480 e. The minimum Gasteiger partial charge on any atom is -0.480 e. The predicted molar refractivity (Wildman–Crippen MR) is 54.8 cm³/mol. The molecule has 2 rings (SSSR count). The number of para-hydroxylation sites is 1. The van der Waals surface area contributed by atoms with Crippen molar-refractivity contribution in [3.63, 3.8) is 0 Å². The van der Waals surface area contributed by atoms with Crippen molar-refractivity contribution in [3.8, 4) is 0 Å². The Labute approximate surface area is 86.7 Å². The van der Waals surface area contributed by atoms with Crippen molar-refractivity contribution in [2.45, 2.75) is 18.9 Å². The molecule has 1 aliphatic rings. The van der Waals surface area contributed by atoms with Gasteiger partial charge >= 0.3 is 5.97 Å². The number of carboxylic acids is 1. The molecule has 0 aliphatic carbocycles. The molecule has 1 atom stereocenters. The van der Waals surface area contributed by atoms with E-state index < -0.39 is 12.0 Å². The quantitative estimate of drug-likeness (QED) is 0.749. The number of fused-ring (bicyclic) bond motifs is 1. The fraction of sp³-hybridized carbons (Fsp3) is 0.300. The van der Waals surface area contributed by atoms with Gasteiger partial charge in [-0.05, 0) is 24.5 Å². The summed E-state index contributed by atoms with van der Waals surface area (Å²) in [6.45, 7) is 0. The minimum atomic E-state index is -0.824. The van der Waals surface area contributed by atoms with E-state index in [1.807, 2.05) is 12.1 Å². The molecule has 1 aliphatic heterocycles. The van der Waals surface area contributed by atoms with E-state index in [-0.39, 0.29) is 0 Å². The summed E-state index contributed by atoms with van der Waals surface area (Å²) >= 11 is 5.96. The summed E-state index contributed by atoms with van der Waals surface area (Å²) in [6.07, 6.45) is 1.38. The number of anilines is 1. The number of hydrogen-bond donors (Lipinski definition) is 2. The van der Waals surface area contributed by atoms with Gasteiger partial charge in [0.05, 0.1) is 10.7 Å². The van der Waals surface area contributed by atoms with E-state index in [0.29, 0.717) is 11.4 Å². The molecular weight excluding hydrogens is 202 g/mol. The third kappa shape index (κ3) is 1.55. The summed E-state index contributed by atoms with van der Waals surface area (Å²) in [6, 6.07) is 5.09. The lowest BCUT2D eigenvalue weighted by molar-refractivity contribution is -0.138. The molecule has 3 nitrogen and oxygen atoms in total. The normalized spacial score (nSPS) is 19.6. The smallest absolute Gasteiger partial charge is 0.326 e. The summed E-state index contributed by atoms with van der Waals surface area (Å²) in [5, 5.41) is 12.4. The highest BCUT2D eigenvalue weighted by Gasteiger charge is 2.24. The minimum absolute atomic E-state index is 0.512. The molecule has 0 saturated carbocycles. The van der Waals surface area contributed by atoms with Crippen LogP contribution in [0.5, 0.6) is 0 Å². The van der Waals surface area contributed by atoms with E-state index in [0.717, 1.165) is 17.7 Å². The Morgan fingerprint density at radius 3 is 3.07 bits per heavy atom. The molecule has 0 spiro atoms. The van der Waals surface area contributed by atoms with Gasteiger partial charge in [0.25, 0.3) is 0 Å². The van der Waals surface area contributed by atoms with Crippen LogP contribution in [0.3, 0.4) is 0 Å². The fourth-order valence-corrected chi connectivity index (χ4v) is 1.92. The third-order valence-electron chi connectivity index (χ3n) is 2.42. The average Bonchev–Trinajstić information content (AvgIpc) is 2.18. The van der Waals surface area contributed by atoms with Gasteiger partial charge in [0.1, 0.15) is 6.04 Å². The van der Waals surface area contributed by atoms with E-state index in [4.69, 9.17) is 16.7 Å². The highest BCUT2D eigenvalue weighted by Crippen LogP contribution is 2.31. The van der Waals surface area contributed by atoms with Crippen molar-refractivity contribution in [2.24, 2.45) is 0 Å². The number of rotatable bonds is 1. The lowest BCUT2D eigenvalue weighted by atomic mass is 9.98. The first-order chi connectivity index (χ1) is 6.68. The van der Waals surface area contributed by atoms with Crippen LogP contribution >= 0.6 is 11.6 Å². The van der Waals surface area contributed by atoms with Crippen LogP contribution in [-0.2, 0) is 11.2 Å². The Morgan fingerprint density at radius 2 is 2.36 bits per heavy atom. The highest BCUT2D eigenvalue weighted by atomic mass is 35.5. The topological polar surface area (TPSA) is 49.3 Å². The second kappa shape index (κ2) is 3.50. The standard InChI is InChI=1S/C10H10ClNO2/c11-7-3-1-2-6-4-5-8(10(13)14)12-9(6)7/h1-3,8,12H,4-5H2,(H,13,14)/t8-/m0/s1. The van der Waals surface area contributed by atoms with E-state index in [1.165, 1.54) is 0 Å². The molecule has 0 amide bonds. The SMILES string of the molecule is O=C(O)[C@@H]1CCc2cccc(Cl)c2N1. The van der Waals surface area contributed by atoms with Crippen LogP contribution in [0.15, 0.2) is 18.2 Å². The van der Waals surface area contributed by atoms with Crippen LogP contribution in [-0.4, -0.2) is 17.1 Å². The van der Waals surface area contributed by atoms with Gasteiger partial charge in [-0.15, -0.1) is 0 Å². The monoisotopic (exact) mass is 211 g/mol. The summed E-state index contributed by atoms with van der Waals surface area (Å²) in [5.74, 6) is -0.824. The van der Waals surface area contributed by atoms with Crippen LogP contribution in [0.2, 0.25) is 5.02 Å². The van der Waals surface area contributed by atoms with Crippen molar-refractivity contribution in [2.75, 3.05) is 5.32 Å². The van der Waals surface area contributed by atoms with E-state index in [9.17, 15) is 4.79 Å². The molecule has 0 fully saturated rings. The third-order valence-corrected chi connectivity index (χ3v) is 2.73. The molecule has 74 valence electrons. The van der Waals surface area contributed by atoms with Gasteiger partial charge in [0.2, 0.25) is 0 Å². The lowest BCUT2D eigenvalue weighted by Crippen LogP contribution is -2.33. The molecule has 2 N–H and O–H groups in total. The van der Waals surface area contributed by atoms with Crippen LogP contribution in [0.1, 0.15) is 12.0 Å². The molecule has 0 radical (unpaired) electrons. The van der Waals surface area contributed by atoms with E-state index in [2.05, 4.69) is 5.32 Å². The Hall–Kier alpha value is -1.22. The number of aliphatic carboxylic acids is 1. The molecule has 4 heteroatoms. The van der Waals surface area contributed by atoms with Crippen molar-refractivity contribution in [1.29, 1.82) is 0 Å². The van der Waals surface area contributed by atoms with Crippen LogP contribution in [0.25, 0.3) is 0 Å². The maximum Gasteiger partial charge on any atom is 0.326 e. The molecule has 1 aromatic carbocycles. The first kappa shape index (κ1) is 9.34. The van der Waals surface area contributed by atoms with Crippen molar-refractivity contribution < 1.29 is 9.90 Å². The summed E-state index contributed by atoms with van der Waals surface area (Å²) in [4.78, 5) is 10.8. The highest BCUT2D eigenvalue weighted by molar-refractivity contribution is 6.33. The summed E-state index contributed by atoms with van der Waals surface area (Å²) in [7, 11) is 0. The zero-order valence-electron chi connectivity index (χ0n) is 7.46. The van der Waals surface area contributed by atoms with Gasteiger partial charge in [-0.25, -0.2) is 4.79 Å². The molecule has 14 heavy (non-hydrogen) atoms. The van der Waals surface area contributed by atoms with Crippen LogP contribution in [0.4, 0.5) is 5.69 Å². The molecule has 0 unspecified atom stereocenters. The first-order valence-corrected chi connectivity index (χ1v) is 4.83. The maximum absolute atomic E-state index is 10.8. The fourth-order valence-electron chi connectivity index (χ4n) is 1.67. The number of aryl methyl sites for hydroxylation is 1. The lowest BCUT2D eigenvalue weighted by Gasteiger charge is -2.24. The van der Waals surface area contributed by atoms with Crippen LogP contribution in [0, 0.1) is 0 Å². The van der Waals surface area contributed by atoms with E-state index in [1.54, 1.807) is 6.07 Å². The number of hydrogen-bond acceptors (Lipinski definition) is 2. The molecule has 0 aromatic heterocycles. The van der Waals surface area contributed by atoms with Gasteiger partial charge in [-0.1, -0.05) is 23.7 Å². The number of nitrogens with one attached hydrogen (secondary N) is 1. The van der Waals surface area contributed by atoms with Gasteiger partial charge in [0, 0.05) is 0 Å².